The summed E-state index contributed by atoms with van der Waals surface area (Å²) in [5.41, 5.74) is 6.71. The molecule has 4 rings (SSSR count). The fourth-order valence-corrected chi connectivity index (χ4v) is 4.10. The van der Waals surface area contributed by atoms with Crippen LogP contribution in [-0.4, -0.2) is 48.5 Å². The summed E-state index contributed by atoms with van der Waals surface area (Å²) in [6.45, 7) is 2.97. The van der Waals surface area contributed by atoms with Crippen LogP contribution in [0.25, 0.3) is 0 Å². The maximum Gasteiger partial charge on any atom is 0.257 e. The second-order valence-electron chi connectivity index (χ2n) is 7.02. The number of halogens is 3. The van der Waals surface area contributed by atoms with Gasteiger partial charge in [-0.3, -0.25) is 4.79 Å². The summed E-state index contributed by atoms with van der Waals surface area (Å²) in [4.78, 5) is 21.0. The van der Waals surface area contributed by atoms with E-state index >= 15 is 0 Å². The molecule has 0 unspecified atom stereocenters. The Morgan fingerprint density at radius 3 is 2.38 bits per heavy atom. The smallest absolute Gasteiger partial charge is 0.257 e. The van der Waals surface area contributed by atoms with Crippen LogP contribution in [0.5, 0.6) is 11.5 Å². The molecule has 1 aliphatic rings. The molecule has 0 saturated carbocycles. The molecule has 2 heterocycles. The van der Waals surface area contributed by atoms with Gasteiger partial charge in [0.15, 0.2) is 5.13 Å². The van der Waals surface area contributed by atoms with E-state index in [9.17, 15) is 9.18 Å². The molecular formula is C22H25Cl2FN4O2S. The van der Waals surface area contributed by atoms with Crippen molar-refractivity contribution in [2.24, 2.45) is 5.73 Å². The molecule has 2 aromatic carbocycles. The molecule has 3 aromatic rings. The van der Waals surface area contributed by atoms with E-state index in [0.29, 0.717) is 44.2 Å². The minimum Gasteiger partial charge on any atom is -0.457 e. The van der Waals surface area contributed by atoms with Gasteiger partial charge in [0.05, 0.1) is 5.56 Å². The number of nitrogens with two attached hydrogens (primary N) is 1. The highest BCUT2D eigenvalue weighted by Gasteiger charge is 2.25. The maximum atomic E-state index is 14.4. The van der Waals surface area contributed by atoms with Gasteiger partial charge in [-0.05, 0) is 48.9 Å². The lowest BCUT2D eigenvalue weighted by Gasteiger charge is -2.34. The summed E-state index contributed by atoms with van der Waals surface area (Å²) in [5, 5.41) is 2.88. The van der Waals surface area contributed by atoms with Crippen LogP contribution in [0.3, 0.4) is 0 Å². The number of benzene rings is 2. The van der Waals surface area contributed by atoms with Crippen molar-refractivity contribution in [1.29, 1.82) is 0 Å². The predicted octanol–water partition coefficient (Wildman–Crippen LogP) is 4.38. The van der Waals surface area contributed by atoms with Crippen LogP contribution in [0.15, 0.2) is 54.0 Å². The number of nitrogens with zero attached hydrogens (tertiary/aromatic N) is 3. The van der Waals surface area contributed by atoms with Gasteiger partial charge in [-0.1, -0.05) is 12.1 Å². The number of hydrogen-bond acceptors (Lipinski definition) is 6. The summed E-state index contributed by atoms with van der Waals surface area (Å²) in [6, 6.07) is 11.8. The third-order valence-corrected chi connectivity index (χ3v) is 5.85. The Bertz CT molecular complexity index is 998. The van der Waals surface area contributed by atoms with Gasteiger partial charge < -0.3 is 20.3 Å². The average molecular weight is 499 g/mol. The Morgan fingerprint density at radius 1 is 1.06 bits per heavy atom. The number of thiazole rings is 1. The van der Waals surface area contributed by atoms with Gasteiger partial charge in [0.2, 0.25) is 0 Å². The van der Waals surface area contributed by atoms with Crippen LogP contribution in [0.4, 0.5) is 9.52 Å². The van der Waals surface area contributed by atoms with Gasteiger partial charge in [-0.25, -0.2) is 9.37 Å². The van der Waals surface area contributed by atoms with Gasteiger partial charge in [-0.15, -0.1) is 36.2 Å². The summed E-state index contributed by atoms with van der Waals surface area (Å²) in [5.74, 6) is 0.175. The number of carbonyl (C=O) groups is 1. The van der Waals surface area contributed by atoms with Crippen LogP contribution in [-0.2, 0) is 6.42 Å². The van der Waals surface area contributed by atoms with E-state index < -0.39 is 5.82 Å². The number of amides is 1. The number of ether oxygens (including phenoxy) is 1. The standard InChI is InChI=1S/C22H23FN4O2S.2ClH/c23-20-6-5-18(29-17-3-1-16(2-4-17)7-8-24)15-19(20)21(28)26-10-12-27(13-11-26)22-25-9-14-30-22;;/h1-6,9,14-15H,7-8,10-13,24H2;2*1H. The highest BCUT2D eigenvalue weighted by atomic mass is 35.5. The summed E-state index contributed by atoms with van der Waals surface area (Å²) < 4.78 is 20.2. The van der Waals surface area contributed by atoms with E-state index in [1.54, 1.807) is 22.4 Å². The number of piperazine rings is 1. The number of aromatic nitrogens is 1. The van der Waals surface area contributed by atoms with Crippen molar-refractivity contribution in [3.05, 3.63) is 71.0 Å². The lowest BCUT2D eigenvalue weighted by molar-refractivity contribution is 0.0741. The number of anilines is 1. The van der Waals surface area contributed by atoms with Crippen LogP contribution in [0.1, 0.15) is 15.9 Å². The molecule has 1 fully saturated rings. The van der Waals surface area contributed by atoms with E-state index in [1.807, 2.05) is 29.6 Å². The lowest BCUT2D eigenvalue weighted by Crippen LogP contribution is -2.49. The molecule has 0 atom stereocenters. The Hall–Kier alpha value is -2.39. The van der Waals surface area contributed by atoms with Crippen molar-refractivity contribution in [2.45, 2.75) is 6.42 Å². The quantitative estimate of drug-likeness (QED) is 0.545. The minimum atomic E-state index is -0.548. The van der Waals surface area contributed by atoms with Gasteiger partial charge in [0, 0.05) is 37.8 Å². The first-order valence-corrected chi connectivity index (χ1v) is 10.7. The molecule has 0 radical (unpaired) electrons. The summed E-state index contributed by atoms with van der Waals surface area (Å²) in [7, 11) is 0. The molecule has 0 spiro atoms. The average Bonchev–Trinajstić information content (AvgIpc) is 3.31. The number of carbonyl (C=O) groups excluding carboxylic acids is 1. The first kappa shape index (κ1) is 25.9. The number of rotatable bonds is 6. The van der Waals surface area contributed by atoms with E-state index in [2.05, 4.69) is 9.88 Å². The minimum absolute atomic E-state index is 0. The molecule has 1 amide bonds. The zero-order valence-electron chi connectivity index (χ0n) is 17.3. The fourth-order valence-electron chi connectivity index (χ4n) is 3.40. The molecule has 1 aromatic heterocycles. The second-order valence-corrected chi connectivity index (χ2v) is 7.89. The van der Waals surface area contributed by atoms with Gasteiger partial charge in [0.1, 0.15) is 17.3 Å². The van der Waals surface area contributed by atoms with Crippen molar-refractivity contribution in [1.82, 2.24) is 9.88 Å². The Morgan fingerprint density at radius 2 is 1.75 bits per heavy atom. The first-order valence-electron chi connectivity index (χ1n) is 9.84. The SMILES string of the molecule is Cl.Cl.NCCc1ccc(Oc2ccc(F)c(C(=O)N3CCN(c4nccs4)CC3)c2)cc1. The Balaban J connectivity index is 0.00000181. The van der Waals surface area contributed by atoms with Gasteiger partial charge in [-0.2, -0.15) is 0 Å². The summed E-state index contributed by atoms with van der Waals surface area (Å²) >= 11 is 1.57. The van der Waals surface area contributed by atoms with Gasteiger partial charge in [0.25, 0.3) is 5.91 Å². The molecule has 32 heavy (non-hydrogen) atoms. The van der Waals surface area contributed by atoms with Crippen LogP contribution in [0, 0.1) is 5.82 Å². The topological polar surface area (TPSA) is 71.7 Å². The molecule has 172 valence electrons. The molecule has 6 nitrogen and oxygen atoms in total. The Kier molecular flexibility index (Phi) is 9.71. The van der Waals surface area contributed by atoms with Crippen molar-refractivity contribution >= 4 is 47.2 Å². The third kappa shape index (κ3) is 6.10. The van der Waals surface area contributed by atoms with Crippen LogP contribution < -0.4 is 15.4 Å². The second kappa shape index (κ2) is 12.0. The van der Waals surface area contributed by atoms with E-state index in [-0.39, 0.29) is 36.3 Å². The zero-order valence-corrected chi connectivity index (χ0v) is 19.7. The highest BCUT2D eigenvalue weighted by molar-refractivity contribution is 7.13. The van der Waals surface area contributed by atoms with E-state index in [4.69, 9.17) is 10.5 Å². The summed E-state index contributed by atoms with van der Waals surface area (Å²) in [6.07, 6.45) is 2.56. The molecule has 2 N–H and O–H groups in total. The number of hydrogen-bond donors (Lipinski definition) is 1. The Labute approximate surface area is 203 Å². The molecule has 0 aliphatic carbocycles. The molecular weight excluding hydrogens is 474 g/mol. The molecule has 1 saturated heterocycles. The van der Waals surface area contributed by atoms with Crippen molar-refractivity contribution in [3.8, 4) is 11.5 Å². The van der Waals surface area contributed by atoms with Crippen LogP contribution in [0.2, 0.25) is 0 Å². The van der Waals surface area contributed by atoms with Crippen molar-refractivity contribution < 1.29 is 13.9 Å². The third-order valence-electron chi connectivity index (χ3n) is 5.02. The molecule has 10 heteroatoms. The van der Waals surface area contributed by atoms with Gasteiger partial charge >= 0.3 is 0 Å². The normalized spacial score (nSPS) is 13.2. The molecule has 0 bridgehead atoms. The van der Waals surface area contributed by atoms with Crippen molar-refractivity contribution in [3.63, 3.8) is 0 Å². The zero-order chi connectivity index (χ0) is 20.9. The largest absolute Gasteiger partial charge is 0.457 e. The van der Waals surface area contributed by atoms with E-state index in [0.717, 1.165) is 17.1 Å². The highest BCUT2D eigenvalue weighted by Crippen LogP contribution is 2.26. The maximum absolute atomic E-state index is 14.4. The van der Waals surface area contributed by atoms with Crippen LogP contribution >= 0.6 is 36.2 Å². The van der Waals surface area contributed by atoms with Crippen molar-refractivity contribution in [2.75, 3.05) is 37.6 Å². The first-order chi connectivity index (χ1) is 14.6. The lowest BCUT2D eigenvalue weighted by atomic mass is 10.1. The predicted molar refractivity (Wildman–Crippen MR) is 130 cm³/mol. The van der Waals surface area contributed by atoms with E-state index in [1.165, 1.54) is 18.2 Å². The monoisotopic (exact) mass is 498 g/mol. The fraction of sp³-hybridized carbons (Fsp3) is 0.273. The molecule has 1 aliphatic heterocycles.